The van der Waals surface area contributed by atoms with Gasteiger partial charge >= 0.3 is 5.97 Å². The van der Waals surface area contributed by atoms with Gasteiger partial charge < -0.3 is 14.4 Å². The molecule has 1 N–H and O–H groups in total. The summed E-state index contributed by atoms with van der Waals surface area (Å²) in [5, 5.41) is 13.8. The average Bonchev–Trinajstić information content (AvgIpc) is 3.21. The smallest absolute Gasteiger partial charge is 0.323 e. The molecule has 0 spiro atoms. The molecule has 8 nitrogen and oxygen atoms in total. The van der Waals surface area contributed by atoms with Crippen molar-refractivity contribution in [1.29, 1.82) is 0 Å². The van der Waals surface area contributed by atoms with Crippen LogP contribution in [0.25, 0.3) is 22.5 Å². The maximum Gasteiger partial charge on any atom is 0.323 e. The summed E-state index contributed by atoms with van der Waals surface area (Å²) in [6.07, 6.45) is 3.11. The predicted octanol–water partition coefficient (Wildman–Crippen LogP) is 2.43. The summed E-state index contributed by atoms with van der Waals surface area (Å²) >= 11 is 0. The van der Waals surface area contributed by atoms with Crippen molar-refractivity contribution in [1.82, 2.24) is 19.7 Å². The third-order valence-electron chi connectivity index (χ3n) is 3.78. The van der Waals surface area contributed by atoms with Gasteiger partial charge in [-0.15, -0.1) is 0 Å². The van der Waals surface area contributed by atoms with Crippen molar-refractivity contribution >= 4 is 22.9 Å². The van der Waals surface area contributed by atoms with Gasteiger partial charge in [0.25, 0.3) is 5.91 Å². The number of likely N-dealkylation sites (N-methyl/N-ethyl adjacent to an activating group) is 1. The topological polar surface area (TPSA) is 101 Å². The highest BCUT2D eigenvalue weighted by atomic mass is 16.4. The van der Waals surface area contributed by atoms with Crippen LogP contribution in [-0.2, 0) is 4.79 Å². The van der Waals surface area contributed by atoms with Crippen molar-refractivity contribution in [2.45, 2.75) is 19.9 Å². The summed E-state index contributed by atoms with van der Waals surface area (Å²) in [7, 11) is 1.45. The molecule has 0 unspecified atom stereocenters. The molecule has 0 aliphatic heterocycles. The Morgan fingerprint density at radius 2 is 2.16 bits per heavy atom. The minimum atomic E-state index is -1.08. The third kappa shape index (κ3) is 3.10. The van der Waals surface area contributed by atoms with Gasteiger partial charge in [0.05, 0.1) is 23.4 Å². The number of aromatic nitrogens is 3. The van der Waals surface area contributed by atoms with Gasteiger partial charge in [0, 0.05) is 13.1 Å². The quantitative estimate of drug-likeness (QED) is 0.764. The lowest BCUT2D eigenvalue weighted by atomic mass is 10.1. The van der Waals surface area contributed by atoms with Crippen molar-refractivity contribution < 1.29 is 19.1 Å². The zero-order valence-electron chi connectivity index (χ0n) is 14.1. The maximum atomic E-state index is 12.8. The SMILES string of the molecule is CC(C)n1ncc2c(C(=O)N(C)CC(=O)O)cc(-c3ccco3)nc21. The number of carbonyl (C=O) groups is 2. The number of carboxylic acids is 1. The number of pyridine rings is 1. The first-order chi connectivity index (χ1) is 11.9. The molecule has 0 aliphatic carbocycles. The van der Waals surface area contributed by atoms with Crippen LogP contribution in [0.5, 0.6) is 0 Å². The van der Waals surface area contributed by atoms with E-state index in [1.807, 2.05) is 13.8 Å². The van der Waals surface area contributed by atoms with Crippen molar-refractivity contribution in [3.8, 4) is 11.5 Å². The Morgan fingerprint density at radius 3 is 2.76 bits per heavy atom. The number of carbonyl (C=O) groups excluding carboxylic acids is 1. The van der Waals surface area contributed by atoms with E-state index in [0.717, 1.165) is 4.90 Å². The monoisotopic (exact) mass is 342 g/mol. The molecule has 0 aromatic carbocycles. The summed E-state index contributed by atoms with van der Waals surface area (Å²) < 4.78 is 7.11. The van der Waals surface area contributed by atoms with Crippen LogP contribution >= 0.6 is 0 Å². The summed E-state index contributed by atoms with van der Waals surface area (Å²) in [5.74, 6) is -0.968. The van der Waals surface area contributed by atoms with Crippen molar-refractivity contribution in [3.63, 3.8) is 0 Å². The van der Waals surface area contributed by atoms with E-state index in [2.05, 4.69) is 10.1 Å². The maximum absolute atomic E-state index is 12.8. The number of rotatable bonds is 5. The highest BCUT2D eigenvalue weighted by Crippen LogP contribution is 2.27. The number of hydrogen-bond donors (Lipinski definition) is 1. The van der Waals surface area contributed by atoms with E-state index in [1.54, 1.807) is 29.1 Å². The van der Waals surface area contributed by atoms with Gasteiger partial charge in [0.1, 0.15) is 12.2 Å². The fourth-order valence-electron chi connectivity index (χ4n) is 2.60. The largest absolute Gasteiger partial charge is 0.480 e. The van der Waals surface area contributed by atoms with E-state index in [-0.39, 0.29) is 6.04 Å². The number of furan rings is 1. The van der Waals surface area contributed by atoms with Crippen molar-refractivity contribution in [2.75, 3.05) is 13.6 Å². The number of carboxylic acid groups (broad SMARTS) is 1. The molecule has 0 radical (unpaired) electrons. The lowest BCUT2D eigenvalue weighted by Crippen LogP contribution is -2.32. The highest BCUT2D eigenvalue weighted by molar-refractivity contribution is 6.07. The molecule has 3 heterocycles. The van der Waals surface area contributed by atoms with Crippen LogP contribution in [0.4, 0.5) is 0 Å². The first-order valence-corrected chi connectivity index (χ1v) is 7.78. The number of nitrogens with zero attached hydrogens (tertiary/aromatic N) is 4. The molecule has 0 saturated carbocycles. The van der Waals surface area contributed by atoms with Crippen molar-refractivity contribution in [2.24, 2.45) is 0 Å². The van der Waals surface area contributed by atoms with Crippen LogP contribution in [0.1, 0.15) is 30.2 Å². The second-order valence-corrected chi connectivity index (χ2v) is 6.01. The molecule has 8 heteroatoms. The van der Waals surface area contributed by atoms with Crippen LogP contribution in [0.2, 0.25) is 0 Å². The molecule has 3 rings (SSSR count). The molecule has 0 fully saturated rings. The Kier molecular flexibility index (Phi) is 4.26. The van der Waals surface area contributed by atoms with Gasteiger partial charge in [-0.05, 0) is 32.0 Å². The van der Waals surface area contributed by atoms with Crippen LogP contribution in [0, 0.1) is 0 Å². The molecule has 1 amide bonds. The summed E-state index contributed by atoms with van der Waals surface area (Å²) in [4.78, 5) is 29.4. The predicted molar refractivity (Wildman–Crippen MR) is 90.2 cm³/mol. The third-order valence-corrected chi connectivity index (χ3v) is 3.78. The zero-order chi connectivity index (χ0) is 18.1. The summed E-state index contributed by atoms with van der Waals surface area (Å²) in [6, 6.07) is 5.14. The number of fused-ring (bicyclic) bond motifs is 1. The number of amides is 1. The molecule has 25 heavy (non-hydrogen) atoms. The van der Waals surface area contributed by atoms with Gasteiger partial charge in [-0.25, -0.2) is 9.67 Å². The standard InChI is InChI=1S/C17H18N4O4/c1-10(2)21-16-12(8-18-21)11(17(24)20(3)9-15(22)23)7-13(19-16)14-5-4-6-25-14/h4-8,10H,9H2,1-3H3,(H,22,23). The fourth-order valence-corrected chi connectivity index (χ4v) is 2.60. The number of hydrogen-bond acceptors (Lipinski definition) is 5. The minimum Gasteiger partial charge on any atom is -0.480 e. The van der Waals surface area contributed by atoms with E-state index in [4.69, 9.17) is 9.52 Å². The van der Waals surface area contributed by atoms with Crippen LogP contribution in [0.15, 0.2) is 35.1 Å². The van der Waals surface area contributed by atoms with E-state index in [0.29, 0.717) is 28.1 Å². The van der Waals surface area contributed by atoms with Gasteiger partial charge in [-0.2, -0.15) is 5.10 Å². The molecule has 130 valence electrons. The Labute approximate surface area is 143 Å². The Balaban J connectivity index is 2.19. The van der Waals surface area contributed by atoms with Crippen LogP contribution < -0.4 is 0 Å². The van der Waals surface area contributed by atoms with E-state index < -0.39 is 18.4 Å². The lowest BCUT2D eigenvalue weighted by Gasteiger charge is -2.16. The summed E-state index contributed by atoms with van der Waals surface area (Å²) in [5.41, 5.74) is 1.38. The van der Waals surface area contributed by atoms with E-state index >= 15 is 0 Å². The summed E-state index contributed by atoms with van der Waals surface area (Å²) in [6.45, 7) is 3.54. The van der Waals surface area contributed by atoms with Crippen molar-refractivity contribution in [3.05, 3.63) is 36.2 Å². The minimum absolute atomic E-state index is 0.0524. The lowest BCUT2D eigenvalue weighted by molar-refractivity contribution is -0.137. The second kappa shape index (κ2) is 6.39. The molecule has 0 bridgehead atoms. The molecule has 3 aromatic heterocycles. The van der Waals surface area contributed by atoms with E-state index in [9.17, 15) is 9.59 Å². The zero-order valence-corrected chi connectivity index (χ0v) is 14.1. The average molecular weight is 342 g/mol. The molecular formula is C17H18N4O4. The van der Waals surface area contributed by atoms with Gasteiger partial charge in [0.2, 0.25) is 0 Å². The second-order valence-electron chi connectivity index (χ2n) is 6.01. The van der Waals surface area contributed by atoms with Crippen LogP contribution in [0.3, 0.4) is 0 Å². The number of aliphatic carboxylic acids is 1. The molecular weight excluding hydrogens is 324 g/mol. The molecule has 0 atom stereocenters. The first kappa shape index (κ1) is 16.7. The fraction of sp³-hybridized carbons (Fsp3) is 0.294. The van der Waals surface area contributed by atoms with Gasteiger partial charge in [-0.1, -0.05) is 0 Å². The van der Waals surface area contributed by atoms with Crippen LogP contribution in [-0.4, -0.2) is 50.2 Å². The molecule has 0 saturated heterocycles. The Morgan fingerprint density at radius 1 is 1.40 bits per heavy atom. The Hall–Kier alpha value is -3.16. The molecule has 0 aliphatic rings. The highest BCUT2D eigenvalue weighted by Gasteiger charge is 2.22. The van der Waals surface area contributed by atoms with Gasteiger partial charge in [0.15, 0.2) is 11.4 Å². The van der Waals surface area contributed by atoms with Gasteiger partial charge in [-0.3, -0.25) is 9.59 Å². The first-order valence-electron chi connectivity index (χ1n) is 7.78. The Bertz CT molecular complexity index is 928. The normalized spacial score (nSPS) is 11.2. The molecule has 3 aromatic rings. The van der Waals surface area contributed by atoms with E-state index in [1.165, 1.54) is 13.3 Å².